The van der Waals surface area contributed by atoms with Gasteiger partial charge in [-0.3, -0.25) is 19.3 Å². The van der Waals surface area contributed by atoms with Gasteiger partial charge in [0.05, 0.1) is 11.2 Å². The van der Waals surface area contributed by atoms with Gasteiger partial charge in [-0.15, -0.1) is 11.8 Å². The highest BCUT2D eigenvalue weighted by atomic mass is 32.2. The third-order valence-electron chi connectivity index (χ3n) is 8.12. The third-order valence-corrected chi connectivity index (χ3v) is 10.4. The van der Waals surface area contributed by atoms with Crippen LogP contribution in [0.1, 0.15) is 17.3 Å². The lowest BCUT2D eigenvalue weighted by Gasteiger charge is -2.49. The van der Waals surface area contributed by atoms with Crippen LogP contribution in [-0.4, -0.2) is 93.3 Å². The SMILES string of the molecule is CCn1cc(C(=O)OCC2=C(C(=O)O)N3C(=O)[C@@H](NC(=O)COc4ccccc4)C3SC2)c(=O)c2cc(F)c(N3CCSCC3)cc21. The topological polar surface area (TPSA) is 147 Å². The second-order valence-electron chi connectivity index (χ2n) is 11.0. The van der Waals surface area contributed by atoms with E-state index in [1.54, 1.807) is 52.7 Å². The lowest BCUT2D eigenvalue weighted by atomic mass is 10.0. The van der Waals surface area contributed by atoms with Crippen LogP contribution in [0.4, 0.5) is 10.1 Å². The number of anilines is 1. The summed E-state index contributed by atoms with van der Waals surface area (Å²) in [5.74, 6) is -1.80. The number of para-hydroxylation sites is 1. The van der Waals surface area contributed by atoms with Gasteiger partial charge < -0.3 is 29.4 Å². The highest BCUT2D eigenvalue weighted by molar-refractivity contribution is 8.00. The number of ether oxygens (including phenoxy) is 2. The number of rotatable bonds is 10. The van der Waals surface area contributed by atoms with Crippen molar-refractivity contribution in [1.82, 2.24) is 14.8 Å². The number of aryl methyl sites for hydroxylation is 1. The van der Waals surface area contributed by atoms with E-state index in [1.165, 1.54) is 18.0 Å². The molecule has 15 heteroatoms. The Morgan fingerprint density at radius 3 is 2.55 bits per heavy atom. The standard InChI is InChI=1S/C32H31FN4O8S2/c1-2-35-14-21(28(39)20-12-22(33)24(13-23(20)35)36-8-10-46-11-9-36)32(43)45-15-18-17-47-30-26(29(40)37(30)27(18)31(41)42)34-25(38)16-44-19-6-4-3-5-7-19/h3-7,12-14,26,30H,2,8-11,15-17H2,1H3,(H,34,38)(H,41,42)/t26-,30?/m1/s1. The first-order chi connectivity index (χ1) is 22.7. The van der Waals surface area contributed by atoms with Crippen molar-refractivity contribution < 1.29 is 38.1 Å². The molecule has 2 fully saturated rings. The average molecular weight is 683 g/mol. The molecule has 0 aliphatic carbocycles. The molecule has 2 atom stereocenters. The predicted molar refractivity (Wildman–Crippen MR) is 175 cm³/mol. The largest absolute Gasteiger partial charge is 0.484 e. The number of benzene rings is 2. The number of thioether (sulfide) groups is 2. The van der Waals surface area contributed by atoms with Crippen molar-refractivity contribution in [3.63, 3.8) is 0 Å². The fourth-order valence-electron chi connectivity index (χ4n) is 5.76. The highest BCUT2D eigenvalue weighted by Crippen LogP contribution is 2.40. The zero-order chi connectivity index (χ0) is 33.2. The molecule has 246 valence electrons. The summed E-state index contributed by atoms with van der Waals surface area (Å²) in [5.41, 5.74) is -0.317. The highest BCUT2D eigenvalue weighted by Gasteiger charge is 2.54. The first-order valence-electron chi connectivity index (χ1n) is 14.9. The smallest absolute Gasteiger partial charge is 0.352 e. The van der Waals surface area contributed by atoms with Crippen molar-refractivity contribution in [2.45, 2.75) is 24.9 Å². The Morgan fingerprint density at radius 1 is 1.11 bits per heavy atom. The zero-order valence-corrected chi connectivity index (χ0v) is 26.9. The first-order valence-corrected chi connectivity index (χ1v) is 17.1. The number of halogens is 1. The summed E-state index contributed by atoms with van der Waals surface area (Å²) in [6, 6.07) is 10.5. The van der Waals surface area contributed by atoms with Crippen LogP contribution in [0.5, 0.6) is 5.75 Å². The summed E-state index contributed by atoms with van der Waals surface area (Å²) in [5, 5.41) is 11.9. The van der Waals surface area contributed by atoms with Crippen molar-refractivity contribution in [3.8, 4) is 5.75 Å². The van der Waals surface area contributed by atoms with Crippen molar-refractivity contribution in [2.75, 3.05) is 48.5 Å². The molecule has 47 heavy (non-hydrogen) atoms. The fraction of sp³-hybridized carbons (Fsp3) is 0.344. The monoisotopic (exact) mass is 682 g/mol. The molecule has 2 aromatic carbocycles. The van der Waals surface area contributed by atoms with E-state index in [0.29, 0.717) is 36.6 Å². The summed E-state index contributed by atoms with van der Waals surface area (Å²) in [4.78, 5) is 67.3. The number of aliphatic carboxylic acids is 1. The number of carbonyl (C=O) groups excluding carboxylic acids is 3. The Morgan fingerprint density at radius 2 is 1.85 bits per heavy atom. The normalized spacial score (nSPS) is 19.2. The molecule has 0 saturated carbocycles. The maximum atomic E-state index is 15.2. The molecule has 0 bridgehead atoms. The summed E-state index contributed by atoms with van der Waals surface area (Å²) < 4.78 is 27.7. The van der Waals surface area contributed by atoms with Gasteiger partial charge in [0, 0.05) is 54.0 Å². The minimum Gasteiger partial charge on any atom is -0.484 e. The molecule has 4 heterocycles. The van der Waals surface area contributed by atoms with E-state index in [-0.39, 0.29) is 34.6 Å². The van der Waals surface area contributed by atoms with Crippen LogP contribution >= 0.6 is 23.5 Å². The number of carboxylic acids is 1. The molecular formula is C32H31FN4O8S2. The molecule has 2 amide bonds. The summed E-state index contributed by atoms with van der Waals surface area (Å²) >= 11 is 3.00. The van der Waals surface area contributed by atoms with Crippen molar-refractivity contribution in [3.05, 3.63) is 81.5 Å². The minimum absolute atomic E-state index is 0.0314. The lowest BCUT2D eigenvalue weighted by Crippen LogP contribution is -2.71. The van der Waals surface area contributed by atoms with Crippen LogP contribution in [0.25, 0.3) is 10.9 Å². The van der Waals surface area contributed by atoms with Crippen LogP contribution in [0.15, 0.2) is 64.7 Å². The molecule has 1 aromatic heterocycles. The van der Waals surface area contributed by atoms with E-state index in [4.69, 9.17) is 9.47 Å². The summed E-state index contributed by atoms with van der Waals surface area (Å²) in [6.07, 6.45) is 1.37. The van der Waals surface area contributed by atoms with Gasteiger partial charge in [-0.1, -0.05) is 18.2 Å². The summed E-state index contributed by atoms with van der Waals surface area (Å²) in [6.45, 7) is 2.77. The zero-order valence-electron chi connectivity index (χ0n) is 25.3. The van der Waals surface area contributed by atoms with E-state index in [0.717, 1.165) is 22.5 Å². The lowest BCUT2D eigenvalue weighted by molar-refractivity contribution is -0.151. The van der Waals surface area contributed by atoms with E-state index >= 15 is 4.39 Å². The molecular weight excluding hydrogens is 652 g/mol. The Hall–Kier alpha value is -4.50. The van der Waals surface area contributed by atoms with Gasteiger partial charge in [0.1, 0.15) is 40.8 Å². The van der Waals surface area contributed by atoms with Crippen molar-refractivity contribution in [1.29, 1.82) is 0 Å². The van der Waals surface area contributed by atoms with E-state index in [9.17, 15) is 29.1 Å². The molecule has 3 aliphatic heterocycles. The van der Waals surface area contributed by atoms with Gasteiger partial charge in [-0.2, -0.15) is 11.8 Å². The number of nitrogens with zero attached hydrogens (tertiary/aromatic N) is 3. The van der Waals surface area contributed by atoms with Crippen LogP contribution < -0.4 is 20.4 Å². The number of amides is 2. The van der Waals surface area contributed by atoms with E-state index in [2.05, 4.69) is 5.32 Å². The predicted octanol–water partition coefficient (Wildman–Crippen LogP) is 2.69. The van der Waals surface area contributed by atoms with Crippen LogP contribution in [0.3, 0.4) is 0 Å². The molecule has 0 spiro atoms. The average Bonchev–Trinajstić information content (AvgIpc) is 3.09. The summed E-state index contributed by atoms with van der Waals surface area (Å²) in [7, 11) is 0. The van der Waals surface area contributed by atoms with Crippen molar-refractivity contribution >= 4 is 63.9 Å². The number of carboxylic acid groups (broad SMARTS) is 1. The van der Waals surface area contributed by atoms with Gasteiger partial charge in [0.15, 0.2) is 6.61 Å². The number of esters is 1. The number of nitrogens with one attached hydrogen (secondary N) is 1. The van der Waals surface area contributed by atoms with Crippen LogP contribution in [0.2, 0.25) is 0 Å². The Bertz CT molecular complexity index is 1840. The van der Waals surface area contributed by atoms with Gasteiger partial charge in [-0.25, -0.2) is 14.0 Å². The van der Waals surface area contributed by atoms with Gasteiger partial charge >= 0.3 is 11.9 Å². The van der Waals surface area contributed by atoms with Gasteiger partial charge in [0.2, 0.25) is 5.43 Å². The number of aromatic nitrogens is 1. The van der Waals surface area contributed by atoms with Crippen LogP contribution in [0, 0.1) is 5.82 Å². The maximum Gasteiger partial charge on any atom is 0.352 e. The van der Waals surface area contributed by atoms with Gasteiger partial charge in [-0.05, 0) is 31.2 Å². The van der Waals surface area contributed by atoms with E-state index < -0.39 is 53.0 Å². The van der Waals surface area contributed by atoms with Crippen LogP contribution in [-0.2, 0) is 25.7 Å². The molecule has 0 radical (unpaired) electrons. The molecule has 12 nitrogen and oxygen atoms in total. The fourth-order valence-corrected chi connectivity index (χ4v) is 7.99. The molecule has 6 rings (SSSR count). The Balaban J connectivity index is 1.16. The molecule has 3 aromatic rings. The maximum absolute atomic E-state index is 15.2. The number of hydrogen-bond acceptors (Lipinski definition) is 10. The number of β-lactam (4-membered cyclic amide) rings is 1. The van der Waals surface area contributed by atoms with E-state index in [1.807, 2.05) is 11.8 Å². The number of carbonyl (C=O) groups is 4. The number of pyridine rings is 1. The minimum atomic E-state index is -1.40. The second kappa shape index (κ2) is 13.7. The molecule has 2 N–H and O–H groups in total. The Kier molecular flexibility index (Phi) is 9.45. The number of fused-ring (bicyclic) bond motifs is 2. The molecule has 3 aliphatic rings. The Labute approximate surface area is 276 Å². The molecule has 1 unspecified atom stereocenters. The second-order valence-corrected chi connectivity index (χ2v) is 13.3. The van der Waals surface area contributed by atoms with Crippen molar-refractivity contribution in [2.24, 2.45) is 0 Å². The first kappa shape index (κ1) is 32.4. The third kappa shape index (κ3) is 6.41. The molecule has 2 saturated heterocycles. The van der Waals surface area contributed by atoms with Gasteiger partial charge in [0.25, 0.3) is 11.8 Å². The number of hydrogen-bond donors (Lipinski definition) is 2. The quantitative estimate of drug-likeness (QED) is 0.240.